The van der Waals surface area contributed by atoms with Crippen LogP contribution in [-0.4, -0.2) is 16.6 Å². The lowest BCUT2D eigenvalue weighted by molar-refractivity contribution is -0.137. The van der Waals surface area contributed by atoms with Crippen LogP contribution < -0.4 is 5.32 Å². The minimum Gasteiger partial charge on any atom is -0.388 e. The Bertz CT molecular complexity index is 558. The molecule has 0 bridgehead atoms. The number of nitrogens with zero attached hydrogens (tertiary/aromatic N) is 2. The molecule has 2 rings (SSSR count). The van der Waals surface area contributed by atoms with E-state index in [9.17, 15) is 13.2 Å². The van der Waals surface area contributed by atoms with Crippen LogP contribution in [0.15, 0.2) is 30.7 Å². The number of rotatable bonds is 2. The summed E-state index contributed by atoms with van der Waals surface area (Å²) < 4.78 is 39.8. The van der Waals surface area contributed by atoms with Gasteiger partial charge < -0.3 is 9.88 Å². The van der Waals surface area contributed by atoms with Crippen LogP contribution in [0.4, 0.5) is 18.9 Å². The summed E-state index contributed by atoms with van der Waals surface area (Å²) in [6.07, 6.45) is -1.20. The van der Waals surface area contributed by atoms with Crippen LogP contribution in [0.5, 0.6) is 0 Å². The third-order valence-corrected chi connectivity index (χ3v) is 2.54. The number of nitrogens with one attached hydrogen (secondary N) is 1. The van der Waals surface area contributed by atoms with Crippen molar-refractivity contribution in [2.75, 3.05) is 12.4 Å². The van der Waals surface area contributed by atoms with E-state index in [4.69, 9.17) is 0 Å². The first-order valence-electron chi connectivity index (χ1n) is 5.31. The molecule has 18 heavy (non-hydrogen) atoms. The molecule has 0 unspecified atom stereocenters. The largest absolute Gasteiger partial charge is 0.416 e. The smallest absolute Gasteiger partial charge is 0.388 e. The highest BCUT2D eigenvalue weighted by molar-refractivity contribution is 5.54. The maximum absolute atomic E-state index is 12.8. The fraction of sp³-hybridized carbons (Fsp3) is 0.250. The van der Waals surface area contributed by atoms with Crippen molar-refractivity contribution in [3.63, 3.8) is 0 Å². The summed E-state index contributed by atoms with van der Waals surface area (Å²) in [5, 5.41) is 2.72. The van der Waals surface area contributed by atoms with Gasteiger partial charge in [0.2, 0.25) is 0 Å². The Labute approximate surface area is 102 Å². The zero-order valence-corrected chi connectivity index (χ0v) is 9.92. The van der Waals surface area contributed by atoms with Crippen LogP contribution in [0.3, 0.4) is 0 Å². The Kier molecular flexibility index (Phi) is 3.02. The minimum absolute atomic E-state index is 0.408. The maximum atomic E-state index is 12.8. The average Bonchev–Trinajstić information content (AvgIpc) is 2.74. The molecule has 0 atom stereocenters. The van der Waals surface area contributed by atoms with E-state index in [1.165, 1.54) is 6.33 Å². The molecule has 0 amide bonds. The molecular weight excluding hydrogens is 243 g/mol. The van der Waals surface area contributed by atoms with E-state index in [-0.39, 0.29) is 0 Å². The summed E-state index contributed by atoms with van der Waals surface area (Å²) in [6, 6.07) is 3.81. The number of benzene rings is 1. The number of aryl methyl sites for hydroxylation is 1. The number of hydrogen-bond acceptors (Lipinski definition) is 2. The first-order valence-corrected chi connectivity index (χ1v) is 5.31. The Balaban J connectivity index is 2.54. The molecule has 6 heteroatoms. The van der Waals surface area contributed by atoms with Crippen molar-refractivity contribution in [3.8, 4) is 5.69 Å². The molecule has 0 fully saturated rings. The van der Waals surface area contributed by atoms with Gasteiger partial charge in [0.05, 0.1) is 17.6 Å². The van der Waals surface area contributed by atoms with Crippen molar-refractivity contribution in [1.82, 2.24) is 9.55 Å². The quantitative estimate of drug-likeness (QED) is 0.892. The molecule has 0 spiro atoms. The second-order valence-electron chi connectivity index (χ2n) is 3.94. The van der Waals surface area contributed by atoms with Gasteiger partial charge in [-0.15, -0.1) is 0 Å². The van der Waals surface area contributed by atoms with Gasteiger partial charge in [-0.05, 0) is 25.1 Å². The predicted molar refractivity (Wildman–Crippen MR) is 62.8 cm³/mol. The second-order valence-corrected chi connectivity index (χ2v) is 3.94. The van der Waals surface area contributed by atoms with Crippen LogP contribution in [0.2, 0.25) is 0 Å². The average molecular weight is 255 g/mol. The summed E-state index contributed by atoms with van der Waals surface area (Å²) in [5.41, 5.74) is 0.898. The SMILES string of the molecule is CNc1cc(-n2cnc(C)c2)cc(C(F)(F)F)c1. The van der Waals surface area contributed by atoms with Crippen LogP contribution in [-0.2, 0) is 6.18 Å². The Morgan fingerprint density at radius 2 is 1.94 bits per heavy atom. The molecule has 0 aliphatic carbocycles. The predicted octanol–water partition coefficient (Wildman–Crippen LogP) is 3.24. The van der Waals surface area contributed by atoms with E-state index >= 15 is 0 Å². The van der Waals surface area contributed by atoms with E-state index in [1.807, 2.05) is 0 Å². The summed E-state index contributed by atoms with van der Waals surface area (Å²) in [7, 11) is 1.58. The molecule has 2 aromatic rings. The number of halogens is 3. The third-order valence-electron chi connectivity index (χ3n) is 2.54. The first kappa shape index (κ1) is 12.5. The molecule has 0 aliphatic rings. The highest BCUT2D eigenvalue weighted by Crippen LogP contribution is 2.32. The van der Waals surface area contributed by atoms with E-state index < -0.39 is 11.7 Å². The van der Waals surface area contributed by atoms with Crippen molar-refractivity contribution in [1.29, 1.82) is 0 Å². The third kappa shape index (κ3) is 2.47. The van der Waals surface area contributed by atoms with Crippen LogP contribution in [0.25, 0.3) is 5.69 Å². The minimum atomic E-state index is -4.36. The zero-order chi connectivity index (χ0) is 13.3. The van der Waals surface area contributed by atoms with E-state index in [2.05, 4.69) is 10.3 Å². The van der Waals surface area contributed by atoms with Gasteiger partial charge in [0.1, 0.15) is 0 Å². The lowest BCUT2D eigenvalue weighted by atomic mass is 10.1. The lowest BCUT2D eigenvalue weighted by Gasteiger charge is -2.12. The molecule has 0 saturated carbocycles. The molecule has 0 radical (unpaired) electrons. The highest BCUT2D eigenvalue weighted by atomic mass is 19.4. The van der Waals surface area contributed by atoms with E-state index in [0.29, 0.717) is 11.4 Å². The van der Waals surface area contributed by atoms with Gasteiger partial charge >= 0.3 is 6.18 Å². The summed E-state index contributed by atoms with van der Waals surface area (Å²) in [5.74, 6) is 0. The molecule has 3 nitrogen and oxygen atoms in total. The van der Waals surface area contributed by atoms with Gasteiger partial charge in [0, 0.05) is 24.6 Å². The van der Waals surface area contributed by atoms with Gasteiger partial charge in [0.25, 0.3) is 0 Å². The topological polar surface area (TPSA) is 29.9 Å². The molecule has 0 saturated heterocycles. The monoisotopic (exact) mass is 255 g/mol. The Morgan fingerprint density at radius 1 is 1.22 bits per heavy atom. The fourth-order valence-electron chi connectivity index (χ4n) is 1.63. The van der Waals surface area contributed by atoms with E-state index in [0.717, 1.165) is 17.8 Å². The van der Waals surface area contributed by atoms with Crippen molar-refractivity contribution in [2.45, 2.75) is 13.1 Å². The summed E-state index contributed by atoms with van der Waals surface area (Å²) in [6.45, 7) is 1.78. The van der Waals surface area contributed by atoms with Crippen LogP contribution in [0, 0.1) is 6.92 Å². The molecular formula is C12H12F3N3. The molecule has 0 aliphatic heterocycles. The van der Waals surface area contributed by atoms with Gasteiger partial charge in [-0.3, -0.25) is 0 Å². The summed E-state index contributed by atoms with van der Waals surface area (Å²) in [4.78, 5) is 4.00. The van der Waals surface area contributed by atoms with Crippen molar-refractivity contribution in [3.05, 3.63) is 42.0 Å². The molecule has 1 heterocycles. The fourth-order valence-corrected chi connectivity index (χ4v) is 1.63. The number of alkyl halides is 3. The van der Waals surface area contributed by atoms with Crippen molar-refractivity contribution in [2.24, 2.45) is 0 Å². The molecule has 1 aromatic carbocycles. The van der Waals surface area contributed by atoms with Gasteiger partial charge in [-0.2, -0.15) is 13.2 Å². The normalized spacial score (nSPS) is 11.6. The second kappa shape index (κ2) is 4.36. The first-order chi connectivity index (χ1) is 8.40. The maximum Gasteiger partial charge on any atom is 0.416 e. The number of imidazole rings is 1. The van der Waals surface area contributed by atoms with Crippen LogP contribution >= 0.6 is 0 Å². The Hall–Kier alpha value is -1.98. The molecule has 1 aromatic heterocycles. The molecule has 96 valence electrons. The van der Waals surface area contributed by atoms with Crippen LogP contribution in [0.1, 0.15) is 11.3 Å². The Morgan fingerprint density at radius 3 is 2.44 bits per heavy atom. The zero-order valence-electron chi connectivity index (χ0n) is 9.92. The number of aromatic nitrogens is 2. The standard InChI is InChI=1S/C12H12F3N3/c1-8-6-18(7-17-8)11-4-9(12(13,14)15)3-10(5-11)16-2/h3-7,16H,1-2H3. The van der Waals surface area contributed by atoms with Crippen molar-refractivity contribution >= 4 is 5.69 Å². The number of anilines is 1. The summed E-state index contributed by atoms with van der Waals surface area (Å²) >= 11 is 0. The lowest BCUT2D eigenvalue weighted by Crippen LogP contribution is -2.07. The van der Waals surface area contributed by atoms with Crippen molar-refractivity contribution < 1.29 is 13.2 Å². The van der Waals surface area contributed by atoms with Gasteiger partial charge in [0.15, 0.2) is 0 Å². The van der Waals surface area contributed by atoms with Gasteiger partial charge in [-0.1, -0.05) is 0 Å². The molecule has 1 N–H and O–H groups in total. The number of hydrogen-bond donors (Lipinski definition) is 1. The van der Waals surface area contributed by atoms with Gasteiger partial charge in [-0.25, -0.2) is 4.98 Å². The van der Waals surface area contributed by atoms with E-state index in [1.54, 1.807) is 30.8 Å². The highest BCUT2D eigenvalue weighted by Gasteiger charge is 2.31.